The summed E-state index contributed by atoms with van der Waals surface area (Å²) >= 11 is 7.68. The standard InChI is InChI=1S/C16H17ClN4O2S/c1-9(2)24-14-12-13(20(3)15(22)19-14)18-16(23)21(12)8-10-6-4-5-7-11(10)17/h4-7,9H,8H2,1-3H3,(H,18,23). The number of imidazole rings is 1. The van der Waals surface area contributed by atoms with Crippen LogP contribution in [0.15, 0.2) is 38.9 Å². The van der Waals surface area contributed by atoms with Crippen molar-refractivity contribution in [1.82, 2.24) is 19.1 Å². The lowest BCUT2D eigenvalue weighted by atomic mass is 10.2. The largest absolute Gasteiger partial charge is 0.350 e. The summed E-state index contributed by atoms with van der Waals surface area (Å²) in [4.78, 5) is 31.4. The zero-order chi connectivity index (χ0) is 17.4. The lowest BCUT2D eigenvalue weighted by molar-refractivity contribution is 0.770. The number of rotatable bonds is 4. The third-order valence-electron chi connectivity index (χ3n) is 3.62. The van der Waals surface area contributed by atoms with E-state index in [0.29, 0.717) is 27.8 Å². The molecule has 0 amide bonds. The number of fused-ring (bicyclic) bond motifs is 1. The average molecular weight is 365 g/mol. The highest BCUT2D eigenvalue weighted by Crippen LogP contribution is 2.27. The number of H-pyrrole nitrogens is 1. The summed E-state index contributed by atoms with van der Waals surface area (Å²) in [6.45, 7) is 4.34. The minimum atomic E-state index is -0.392. The van der Waals surface area contributed by atoms with Crippen molar-refractivity contribution in [2.45, 2.75) is 30.7 Å². The molecule has 0 unspecified atom stereocenters. The molecule has 0 radical (unpaired) electrons. The molecule has 0 spiro atoms. The minimum absolute atomic E-state index is 0.228. The van der Waals surface area contributed by atoms with Gasteiger partial charge in [0.25, 0.3) is 0 Å². The van der Waals surface area contributed by atoms with Gasteiger partial charge >= 0.3 is 11.4 Å². The van der Waals surface area contributed by atoms with Crippen LogP contribution in [0.25, 0.3) is 11.2 Å². The van der Waals surface area contributed by atoms with Gasteiger partial charge in [-0.3, -0.25) is 14.1 Å². The number of hydrogen-bond acceptors (Lipinski definition) is 4. The first-order valence-corrected chi connectivity index (χ1v) is 8.74. The maximum absolute atomic E-state index is 12.5. The third kappa shape index (κ3) is 3.01. The minimum Gasteiger partial charge on any atom is -0.291 e. The van der Waals surface area contributed by atoms with E-state index in [1.807, 2.05) is 32.0 Å². The number of thioether (sulfide) groups is 1. The van der Waals surface area contributed by atoms with Gasteiger partial charge in [0.2, 0.25) is 0 Å². The Morgan fingerprint density at radius 2 is 2.00 bits per heavy atom. The van der Waals surface area contributed by atoms with Gasteiger partial charge in [-0.15, -0.1) is 11.8 Å². The Bertz CT molecular complexity index is 1020. The van der Waals surface area contributed by atoms with Gasteiger partial charge in [0.1, 0.15) is 16.2 Å². The Labute approximate surface area is 147 Å². The average Bonchev–Trinajstić information content (AvgIpc) is 2.84. The van der Waals surface area contributed by atoms with E-state index in [1.54, 1.807) is 17.7 Å². The molecule has 1 aromatic carbocycles. The van der Waals surface area contributed by atoms with Gasteiger partial charge in [0, 0.05) is 17.3 Å². The van der Waals surface area contributed by atoms with E-state index in [0.717, 1.165) is 5.56 Å². The molecule has 1 N–H and O–H groups in total. The maximum Gasteiger partial charge on any atom is 0.350 e. The Kier molecular flexibility index (Phi) is 4.56. The molecular formula is C16H17ClN4O2S. The van der Waals surface area contributed by atoms with Crippen molar-refractivity contribution in [2.24, 2.45) is 7.05 Å². The number of aromatic nitrogens is 4. The van der Waals surface area contributed by atoms with Crippen molar-refractivity contribution in [2.75, 3.05) is 0 Å². The van der Waals surface area contributed by atoms with Crippen LogP contribution in [0, 0.1) is 0 Å². The molecule has 0 aliphatic carbocycles. The van der Waals surface area contributed by atoms with Crippen LogP contribution in [0.5, 0.6) is 0 Å². The Hall–Kier alpha value is -1.99. The fourth-order valence-electron chi connectivity index (χ4n) is 2.48. The quantitative estimate of drug-likeness (QED) is 0.570. The zero-order valence-corrected chi connectivity index (χ0v) is 15.1. The predicted octanol–water partition coefficient (Wildman–Crippen LogP) is 2.63. The highest BCUT2D eigenvalue weighted by atomic mass is 35.5. The number of hydrogen-bond donors (Lipinski definition) is 1. The molecule has 0 saturated carbocycles. The van der Waals surface area contributed by atoms with Crippen LogP contribution in [0.3, 0.4) is 0 Å². The van der Waals surface area contributed by atoms with Crippen molar-refractivity contribution in [3.05, 3.63) is 55.8 Å². The lowest BCUT2D eigenvalue weighted by Crippen LogP contribution is -2.22. The molecule has 0 saturated heterocycles. The number of nitrogens with one attached hydrogen (secondary N) is 1. The fourth-order valence-corrected chi connectivity index (χ4v) is 3.57. The first-order valence-electron chi connectivity index (χ1n) is 7.48. The van der Waals surface area contributed by atoms with Crippen LogP contribution in [-0.2, 0) is 13.6 Å². The van der Waals surface area contributed by atoms with Crippen molar-refractivity contribution < 1.29 is 0 Å². The molecule has 2 aromatic heterocycles. The van der Waals surface area contributed by atoms with Crippen molar-refractivity contribution in [1.29, 1.82) is 0 Å². The number of aromatic amines is 1. The molecule has 0 bridgehead atoms. The summed E-state index contributed by atoms with van der Waals surface area (Å²) in [5.41, 5.74) is 1.24. The molecular weight excluding hydrogens is 348 g/mol. The van der Waals surface area contributed by atoms with E-state index in [4.69, 9.17) is 11.6 Å². The SMILES string of the molecule is CC(C)Sc1nc(=O)n(C)c2[nH]c(=O)n(Cc3ccccc3Cl)c12. The third-order valence-corrected chi connectivity index (χ3v) is 4.97. The van der Waals surface area contributed by atoms with Crippen molar-refractivity contribution in [3.63, 3.8) is 0 Å². The van der Waals surface area contributed by atoms with Crippen LogP contribution >= 0.6 is 23.4 Å². The van der Waals surface area contributed by atoms with Crippen molar-refractivity contribution >= 4 is 34.5 Å². The topological polar surface area (TPSA) is 72.7 Å². The second-order valence-electron chi connectivity index (χ2n) is 5.73. The zero-order valence-electron chi connectivity index (χ0n) is 13.5. The summed E-state index contributed by atoms with van der Waals surface area (Å²) in [6, 6.07) is 7.38. The van der Waals surface area contributed by atoms with Gasteiger partial charge in [-0.25, -0.2) is 9.59 Å². The molecule has 0 fully saturated rings. The molecule has 2 heterocycles. The second-order valence-corrected chi connectivity index (χ2v) is 7.70. The van der Waals surface area contributed by atoms with Crippen molar-refractivity contribution in [3.8, 4) is 0 Å². The number of halogens is 1. The fraction of sp³-hybridized carbons (Fsp3) is 0.312. The van der Waals surface area contributed by atoms with E-state index in [2.05, 4.69) is 9.97 Å². The van der Waals surface area contributed by atoms with Crippen LogP contribution in [-0.4, -0.2) is 24.4 Å². The summed E-state index contributed by atoms with van der Waals surface area (Å²) in [6.07, 6.45) is 0. The molecule has 8 heteroatoms. The highest BCUT2D eigenvalue weighted by molar-refractivity contribution is 8.00. The first-order chi connectivity index (χ1) is 11.4. The normalized spacial score (nSPS) is 11.5. The van der Waals surface area contributed by atoms with Gasteiger partial charge in [-0.2, -0.15) is 4.98 Å². The summed E-state index contributed by atoms with van der Waals surface area (Å²) in [7, 11) is 1.59. The Morgan fingerprint density at radius 1 is 1.29 bits per heavy atom. The monoisotopic (exact) mass is 364 g/mol. The van der Waals surface area contributed by atoms with E-state index in [9.17, 15) is 9.59 Å². The molecule has 0 atom stereocenters. The predicted molar refractivity (Wildman–Crippen MR) is 97.1 cm³/mol. The molecule has 0 aliphatic heterocycles. The van der Waals surface area contributed by atoms with E-state index >= 15 is 0 Å². The Morgan fingerprint density at radius 3 is 2.67 bits per heavy atom. The Balaban J connectivity index is 2.26. The molecule has 0 aliphatic rings. The highest BCUT2D eigenvalue weighted by Gasteiger charge is 2.18. The number of nitrogens with zero attached hydrogens (tertiary/aromatic N) is 3. The molecule has 126 valence electrons. The lowest BCUT2D eigenvalue weighted by Gasteiger charge is -2.11. The van der Waals surface area contributed by atoms with Gasteiger partial charge in [0.15, 0.2) is 0 Å². The van der Waals surface area contributed by atoms with Gasteiger partial charge in [-0.1, -0.05) is 43.6 Å². The summed E-state index contributed by atoms with van der Waals surface area (Å²) in [5.74, 6) is 0. The van der Waals surface area contributed by atoms with Crippen LogP contribution in [0.1, 0.15) is 19.4 Å². The molecule has 3 rings (SSSR count). The number of benzene rings is 1. The van der Waals surface area contributed by atoms with Crippen LogP contribution < -0.4 is 11.4 Å². The van der Waals surface area contributed by atoms with E-state index in [1.165, 1.54) is 16.3 Å². The van der Waals surface area contributed by atoms with Gasteiger partial charge < -0.3 is 0 Å². The molecule has 3 aromatic rings. The smallest absolute Gasteiger partial charge is 0.291 e. The first kappa shape index (κ1) is 16.9. The maximum atomic E-state index is 12.5. The van der Waals surface area contributed by atoms with Gasteiger partial charge in [0.05, 0.1) is 6.54 Å². The summed E-state index contributed by atoms with van der Waals surface area (Å²) < 4.78 is 2.93. The van der Waals surface area contributed by atoms with Crippen LogP contribution in [0.4, 0.5) is 0 Å². The van der Waals surface area contributed by atoms with E-state index < -0.39 is 5.69 Å². The van der Waals surface area contributed by atoms with Gasteiger partial charge in [-0.05, 0) is 11.6 Å². The molecule has 6 nitrogen and oxygen atoms in total. The molecule has 24 heavy (non-hydrogen) atoms. The van der Waals surface area contributed by atoms with E-state index in [-0.39, 0.29) is 10.9 Å². The van der Waals surface area contributed by atoms with Crippen LogP contribution in [0.2, 0.25) is 5.02 Å². The summed E-state index contributed by atoms with van der Waals surface area (Å²) in [5, 5.41) is 1.37. The number of aryl methyl sites for hydroxylation is 1. The second kappa shape index (κ2) is 6.49.